The van der Waals surface area contributed by atoms with Crippen molar-refractivity contribution in [3.8, 4) is 5.69 Å². The molecular weight excluding hydrogens is 396 g/mol. The third-order valence-electron chi connectivity index (χ3n) is 5.51. The molecule has 0 radical (unpaired) electrons. The van der Waals surface area contributed by atoms with Crippen LogP contribution in [0.25, 0.3) is 5.69 Å². The van der Waals surface area contributed by atoms with Gasteiger partial charge in [0.15, 0.2) is 0 Å². The minimum Gasteiger partial charge on any atom is -0.478 e. The van der Waals surface area contributed by atoms with Crippen LogP contribution in [0.1, 0.15) is 41.0 Å². The maximum atomic E-state index is 12.1. The van der Waals surface area contributed by atoms with Crippen LogP contribution in [0.2, 0.25) is 0 Å². The molecule has 0 unspecified atom stereocenters. The fourth-order valence-corrected chi connectivity index (χ4v) is 3.70. The number of carbonyl (C=O) groups is 1. The van der Waals surface area contributed by atoms with E-state index < -0.39 is 5.97 Å². The zero-order valence-corrected chi connectivity index (χ0v) is 17.4. The molecule has 1 aliphatic rings. The Morgan fingerprint density at radius 2 is 1.74 bits per heavy atom. The molecule has 3 heterocycles. The number of anilines is 2. The summed E-state index contributed by atoms with van der Waals surface area (Å²) in [5.74, 6) is 0.421. The van der Waals surface area contributed by atoms with Gasteiger partial charge in [0.05, 0.1) is 35.0 Å². The molecule has 0 bridgehead atoms. The number of nitrogens with zero attached hydrogens (tertiary/aromatic N) is 4. The summed E-state index contributed by atoms with van der Waals surface area (Å²) in [4.78, 5) is 36.6. The Morgan fingerprint density at radius 3 is 2.39 bits per heavy atom. The third kappa shape index (κ3) is 4.71. The summed E-state index contributed by atoms with van der Waals surface area (Å²) < 4.78 is 1.28. The highest BCUT2D eigenvalue weighted by Crippen LogP contribution is 2.25. The molecule has 3 aromatic heterocycles. The number of aryl methyl sites for hydroxylation is 2. The maximum absolute atomic E-state index is 12.1. The zero-order valence-electron chi connectivity index (χ0n) is 17.4. The number of hydrogen-bond acceptors (Lipinski definition) is 7. The van der Waals surface area contributed by atoms with Gasteiger partial charge >= 0.3 is 5.97 Å². The van der Waals surface area contributed by atoms with Crippen molar-refractivity contribution in [1.29, 1.82) is 0 Å². The lowest BCUT2D eigenvalue weighted by atomic mass is 10.2. The number of aromatic carboxylic acids is 1. The largest absolute Gasteiger partial charge is 0.478 e. The quantitative estimate of drug-likeness (QED) is 0.556. The number of rotatable bonds is 6. The van der Waals surface area contributed by atoms with Crippen molar-refractivity contribution in [1.82, 2.24) is 19.5 Å². The summed E-state index contributed by atoms with van der Waals surface area (Å²) in [6.45, 7) is 3.90. The van der Waals surface area contributed by atoms with Gasteiger partial charge in [-0.1, -0.05) is 0 Å². The van der Waals surface area contributed by atoms with E-state index in [1.54, 1.807) is 24.5 Å². The smallest absolute Gasteiger partial charge is 0.337 e. The number of nitrogens with one attached hydrogen (secondary N) is 2. The Hall–Kier alpha value is -3.75. The molecule has 3 N–H and O–H groups in total. The van der Waals surface area contributed by atoms with Crippen LogP contribution in [0.15, 0.2) is 47.7 Å². The molecule has 0 aromatic carbocycles. The molecule has 2 atom stereocenters. The van der Waals surface area contributed by atoms with E-state index in [0.717, 1.165) is 36.5 Å². The number of aromatic nitrogens is 4. The fourth-order valence-electron chi connectivity index (χ4n) is 3.70. The Morgan fingerprint density at radius 1 is 1.00 bits per heavy atom. The lowest BCUT2D eigenvalue weighted by molar-refractivity contribution is 0.0696. The first kappa shape index (κ1) is 20.5. The summed E-state index contributed by atoms with van der Waals surface area (Å²) in [5, 5.41) is 16.0. The molecule has 9 nitrogen and oxygen atoms in total. The van der Waals surface area contributed by atoms with E-state index in [0.29, 0.717) is 17.5 Å². The zero-order chi connectivity index (χ0) is 22.0. The first-order valence-electron chi connectivity index (χ1n) is 10.1. The second-order valence-corrected chi connectivity index (χ2v) is 7.75. The van der Waals surface area contributed by atoms with Gasteiger partial charge in [-0.15, -0.1) is 0 Å². The van der Waals surface area contributed by atoms with Gasteiger partial charge in [0.1, 0.15) is 11.6 Å². The molecule has 1 fully saturated rings. The van der Waals surface area contributed by atoms with Gasteiger partial charge in [0.25, 0.3) is 5.56 Å². The molecule has 31 heavy (non-hydrogen) atoms. The maximum Gasteiger partial charge on any atom is 0.337 e. The highest BCUT2D eigenvalue weighted by molar-refractivity contribution is 5.87. The van der Waals surface area contributed by atoms with Crippen LogP contribution in [-0.4, -0.2) is 42.7 Å². The van der Waals surface area contributed by atoms with Gasteiger partial charge in [0, 0.05) is 24.3 Å². The van der Waals surface area contributed by atoms with Gasteiger partial charge in [-0.3, -0.25) is 14.3 Å². The summed E-state index contributed by atoms with van der Waals surface area (Å²) in [6.07, 6.45) is 7.58. The summed E-state index contributed by atoms with van der Waals surface area (Å²) >= 11 is 0. The van der Waals surface area contributed by atoms with E-state index in [4.69, 9.17) is 5.11 Å². The van der Waals surface area contributed by atoms with E-state index in [2.05, 4.69) is 25.6 Å². The van der Waals surface area contributed by atoms with Gasteiger partial charge in [-0.05, 0) is 51.3 Å². The predicted molar refractivity (Wildman–Crippen MR) is 117 cm³/mol. The van der Waals surface area contributed by atoms with Crippen molar-refractivity contribution in [3.63, 3.8) is 0 Å². The van der Waals surface area contributed by atoms with E-state index in [1.165, 1.54) is 22.9 Å². The van der Waals surface area contributed by atoms with Crippen LogP contribution in [0.3, 0.4) is 0 Å². The predicted octanol–water partition coefficient (Wildman–Crippen LogP) is 2.78. The lowest BCUT2D eigenvalue weighted by Gasteiger charge is -2.16. The van der Waals surface area contributed by atoms with Crippen molar-refractivity contribution in [3.05, 3.63) is 70.2 Å². The van der Waals surface area contributed by atoms with Crippen LogP contribution in [0.4, 0.5) is 11.6 Å². The fraction of sp³-hybridized carbons (Fsp3) is 0.318. The normalized spacial score (nSPS) is 18.0. The molecule has 1 aliphatic carbocycles. The monoisotopic (exact) mass is 420 g/mol. The second kappa shape index (κ2) is 8.55. The van der Waals surface area contributed by atoms with Gasteiger partial charge in [-0.25, -0.2) is 14.8 Å². The standard InChI is InChI=1S/C22H24N6O3/c1-13-14(2)25-20(11-23-13)27-17-5-4-16(9-17)26-19-7-6-18(10-24-19)28-12-15(22(30)31)3-8-21(28)29/h3,6-8,10-12,16-17H,4-5,9H2,1-2H3,(H,24,26)(H,25,27)(H,30,31)/t16-,17-/m0/s1. The molecule has 0 aliphatic heterocycles. The first-order valence-corrected chi connectivity index (χ1v) is 10.1. The Bertz CT molecular complexity index is 1160. The van der Waals surface area contributed by atoms with E-state index >= 15 is 0 Å². The molecule has 9 heteroatoms. The third-order valence-corrected chi connectivity index (χ3v) is 5.51. The van der Waals surface area contributed by atoms with Crippen molar-refractivity contribution in [2.24, 2.45) is 0 Å². The van der Waals surface area contributed by atoms with E-state index in [-0.39, 0.29) is 17.2 Å². The molecular formula is C22H24N6O3. The molecule has 0 spiro atoms. The number of carboxylic acids is 1. The Kier molecular flexibility index (Phi) is 5.66. The summed E-state index contributed by atoms with van der Waals surface area (Å²) in [5.41, 5.74) is 2.10. The highest BCUT2D eigenvalue weighted by Gasteiger charge is 2.25. The van der Waals surface area contributed by atoms with Crippen molar-refractivity contribution in [2.45, 2.75) is 45.2 Å². The number of carboxylic acid groups (broad SMARTS) is 1. The van der Waals surface area contributed by atoms with E-state index in [1.807, 2.05) is 13.8 Å². The summed E-state index contributed by atoms with van der Waals surface area (Å²) in [7, 11) is 0. The SMILES string of the molecule is Cc1ncc(N[C@H]2CC[C@H](Nc3ccc(-n4cc(C(=O)O)ccc4=O)cn3)C2)nc1C. The van der Waals surface area contributed by atoms with Gasteiger partial charge in [0.2, 0.25) is 0 Å². The molecule has 0 saturated heterocycles. The molecule has 160 valence electrons. The van der Waals surface area contributed by atoms with Gasteiger partial charge < -0.3 is 15.7 Å². The van der Waals surface area contributed by atoms with Crippen molar-refractivity contribution >= 4 is 17.6 Å². The Labute approximate surface area is 179 Å². The average molecular weight is 420 g/mol. The van der Waals surface area contributed by atoms with Crippen LogP contribution in [-0.2, 0) is 0 Å². The molecule has 0 amide bonds. The van der Waals surface area contributed by atoms with Gasteiger partial charge in [-0.2, -0.15) is 0 Å². The molecule has 4 rings (SSSR count). The van der Waals surface area contributed by atoms with Crippen molar-refractivity contribution < 1.29 is 9.90 Å². The molecule has 1 saturated carbocycles. The Balaban J connectivity index is 1.39. The minimum atomic E-state index is -1.09. The van der Waals surface area contributed by atoms with Crippen molar-refractivity contribution in [2.75, 3.05) is 10.6 Å². The topological polar surface area (TPSA) is 122 Å². The number of hydrogen-bond donors (Lipinski definition) is 3. The highest BCUT2D eigenvalue weighted by atomic mass is 16.4. The lowest BCUT2D eigenvalue weighted by Crippen LogP contribution is -2.22. The van der Waals surface area contributed by atoms with Crippen LogP contribution in [0, 0.1) is 13.8 Å². The van der Waals surface area contributed by atoms with E-state index in [9.17, 15) is 9.59 Å². The first-order chi connectivity index (χ1) is 14.9. The summed E-state index contributed by atoms with van der Waals surface area (Å²) in [6, 6.07) is 6.65. The second-order valence-electron chi connectivity index (χ2n) is 7.75. The minimum absolute atomic E-state index is 0.0414. The number of pyridine rings is 2. The van der Waals surface area contributed by atoms with Crippen LogP contribution in [0.5, 0.6) is 0 Å². The van der Waals surface area contributed by atoms with Crippen LogP contribution < -0.4 is 16.2 Å². The molecule has 3 aromatic rings. The average Bonchev–Trinajstić information content (AvgIpc) is 3.18. The van der Waals surface area contributed by atoms with Crippen LogP contribution >= 0.6 is 0 Å².